The Labute approximate surface area is 224 Å². The Kier molecular flexibility index (Phi) is 9.57. The molecule has 0 heterocycles. The molecular formula is C30H35N3O5. The van der Waals surface area contributed by atoms with Crippen molar-refractivity contribution >= 4 is 17.9 Å². The van der Waals surface area contributed by atoms with Crippen LogP contribution in [-0.4, -0.2) is 45.1 Å². The highest BCUT2D eigenvalue weighted by atomic mass is 16.6. The van der Waals surface area contributed by atoms with E-state index in [1.54, 1.807) is 57.2 Å². The SMILES string of the molecule is C#Cc1ccc(C(C(=O)NC(C)(C)C)N(C#C)C(=O)C(Cc2ccc(O)cc2)NC(=O)OC(C)(C)C)cc1. The number of ether oxygens (including phenoxy) is 1. The molecule has 0 spiro atoms. The van der Waals surface area contributed by atoms with Crippen LogP contribution in [0.15, 0.2) is 48.5 Å². The van der Waals surface area contributed by atoms with Crippen LogP contribution in [0.5, 0.6) is 5.75 Å². The van der Waals surface area contributed by atoms with Gasteiger partial charge >= 0.3 is 6.09 Å². The molecule has 0 bridgehead atoms. The molecule has 2 rings (SSSR count). The van der Waals surface area contributed by atoms with E-state index in [2.05, 4.69) is 22.6 Å². The zero-order valence-corrected chi connectivity index (χ0v) is 22.7. The highest BCUT2D eigenvalue weighted by Gasteiger charge is 2.37. The number of phenolic OH excluding ortho intramolecular Hbond substituents is 1. The molecule has 0 saturated heterocycles. The zero-order valence-electron chi connectivity index (χ0n) is 22.7. The second-order valence-corrected chi connectivity index (χ2v) is 10.8. The number of hydrogen-bond acceptors (Lipinski definition) is 5. The average molecular weight is 518 g/mol. The number of nitrogens with one attached hydrogen (secondary N) is 2. The van der Waals surface area contributed by atoms with Gasteiger partial charge in [-0.05, 0) is 76.9 Å². The molecule has 0 aromatic heterocycles. The van der Waals surface area contributed by atoms with Crippen LogP contribution < -0.4 is 10.6 Å². The number of carbonyl (C=O) groups is 3. The average Bonchev–Trinajstić information content (AvgIpc) is 2.80. The van der Waals surface area contributed by atoms with Crippen LogP contribution in [0.1, 0.15) is 64.3 Å². The van der Waals surface area contributed by atoms with Crippen molar-refractivity contribution in [1.82, 2.24) is 15.5 Å². The van der Waals surface area contributed by atoms with Crippen molar-refractivity contribution in [3.63, 3.8) is 0 Å². The summed E-state index contributed by atoms with van der Waals surface area (Å²) in [5.74, 6) is 1.37. The Morgan fingerprint density at radius 2 is 1.55 bits per heavy atom. The summed E-state index contributed by atoms with van der Waals surface area (Å²) in [5, 5.41) is 15.1. The van der Waals surface area contributed by atoms with Gasteiger partial charge in [0.05, 0.1) is 0 Å². The maximum absolute atomic E-state index is 13.9. The molecule has 2 aromatic carbocycles. The third-order valence-electron chi connectivity index (χ3n) is 5.14. The van der Waals surface area contributed by atoms with Gasteiger partial charge < -0.3 is 20.5 Å². The van der Waals surface area contributed by atoms with E-state index in [9.17, 15) is 19.5 Å². The third-order valence-corrected chi connectivity index (χ3v) is 5.14. The molecule has 0 aliphatic carbocycles. The molecule has 2 aromatic rings. The van der Waals surface area contributed by atoms with E-state index in [0.717, 1.165) is 4.90 Å². The van der Waals surface area contributed by atoms with Crippen molar-refractivity contribution in [2.75, 3.05) is 0 Å². The standard InChI is InChI=1S/C30H35N3O5/c1-9-20-11-15-22(16-12-20)25(26(35)32-29(3,4)5)33(10-2)27(36)24(31-28(37)38-30(6,7)8)19-21-13-17-23(34)18-14-21/h1-2,11-18,24-25,34H,19H2,3-8H3,(H,31,37)(H,32,35). The van der Waals surface area contributed by atoms with E-state index >= 15 is 0 Å². The molecule has 0 fully saturated rings. The molecule has 0 aliphatic heterocycles. The van der Waals surface area contributed by atoms with E-state index in [0.29, 0.717) is 16.7 Å². The van der Waals surface area contributed by atoms with E-state index in [-0.39, 0.29) is 12.2 Å². The van der Waals surface area contributed by atoms with E-state index < -0.39 is 41.1 Å². The van der Waals surface area contributed by atoms with Gasteiger partial charge in [-0.1, -0.05) is 36.6 Å². The lowest BCUT2D eigenvalue weighted by Gasteiger charge is -2.32. The molecule has 38 heavy (non-hydrogen) atoms. The van der Waals surface area contributed by atoms with Crippen LogP contribution >= 0.6 is 0 Å². The fourth-order valence-electron chi connectivity index (χ4n) is 3.57. The number of amides is 3. The first-order valence-electron chi connectivity index (χ1n) is 12.1. The molecule has 8 nitrogen and oxygen atoms in total. The third kappa shape index (κ3) is 8.90. The van der Waals surface area contributed by atoms with Gasteiger partial charge in [0.1, 0.15) is 23.4 Å². The van der Waals surface area contributed by atoms with E-state index in [4.69, 9.17) is 17.6 Å². The number of carbonyl (C=O) groups excluding carboxylic acids is 3. The van der Waals surface area contributed by atoms with Crippen LogP contribution in [0, 0.1) is 24.8 Å². The number of nitrogens with zero attached hydrogens (tertiary/aromatic N) is 1. The van der Waals surface area contributed by atoms with Gasteiger partial charge in [-0.15, -0.1) is 6.42 Å². The molecule has 3 N–H and O–H groups in total. The summed E-state index contributed by atoms with van der Waals surface area (Å²) in [4.78, 5) is 41.0. The molecule has 0 aliphatic rings. The van der Waals surface area contributed by atoms with Crippen LogP contribution in [0.25, 0.3) is 0 Å². The number of benzene rings is 2. The Balaban J connectivity index is 2.52. The van der Waals surface area contributed by atoms with Crippen LogP contribution in [0.3, 0.4) is 0 Å². The molecule has 0 radical (unpaired) electrons. The highest BCUT2D eigenvalue weighted by molar-refractivity contribution is 5.93. The first-order valence-corrected chi connectivity index (χ1v) is 12.1. The normalized spacial score (nSPS) is 12.7. The minimum absolute atomic E-state index is 0.0280. The quantitative estimate of drug-likeness (QED) is 0.382. The molecule has 3 amide bonds. The Morgan fingerprint density at radius 3 is 2.03 bits per heavy atom. The maximum Gasteiger partial charge on any atom is 0.408 e. The van der Waals surface area contributed by atoms with Crippen molar-refractivity contribution in [3.8, 4) is 30.6 Å². The molecule has 0 saturated carbocycles. The second kappa shape index (κ2) is 12.2. The fraction of sp³-hybridized carbons (Fsp3) is 0.367. The number of hydrogen-bond donors (Lipinski definition) is 3. The molecular weight excluding hydrogens is 482 g/mol. The van der Waals surface area contributed by atoms with Gasteiger partial charge in [0.2, 0.25) is 5.91 Å². The summed E-state index contributed by atoms with van der Waals surface area (Å²) in [6.07, 6.45) is 10.5. The Morgan fingerprint density at radius 1 is 0.974 bits per heavy atom. The monoisotopic (exact) mass is 517 g/mol. The number of rotatable bonds is 7. The number of phenols is 1. The van der Waals surface area contributed by atoms with Gasteiger partial charge in [-0.3, -0.25) is 14.5 Å². The van der Waals surface area contributed by atoms with Crippen molar-refractivity contribution in [3.05, 3.63) is 65.2 Å². The first kappa shape index (κ1) is 29.8. The van der Waals surface area contributed by atoms with Crippen molar-refractivity contribution < 1.29 is 24.2 Å². The summed E-state index contributed by atoms with van der Waals surface area (Å²) in [6.45, 7) is 10.5. The van der Waals surface area contributed by atoms with E-state index in [1.807, 2.05) is 20.8 Å². The van der Waals surface area contributed by atoms with E-state index in [1.165, 1.54) is 12.1 Å². The minimum Gasteiger partial charge on any atom is -0.508 e. The molecule has 8 heteroatoms. The lowest BCUT2D eigenvalue weighted by atomic mass is 9.98. The van der Waals surface area contributed by atoms with Crippen molar-refractivity contribution in [1.29, 1.82) is 0 Å². The molecule has 2 unspecified atom stereocenters. The number of terminal acetylenes is 2. The summed E-state index contributed by atoms with van der Waals surface area (Å²) >= 11 is 0. The minimum atomic E-state index is -1.21. The van der Waals surface area contributed by atoms with Gasteiger partial charge in [0.15, 0.2) is 0 Å². The highest BCUT2D eigenvalue weighted by Crippen LogP contribution is 2.24. The summed E-state index contributed by atoms with van der Waals surface area (Å²) in [7, 11) is 0. The van der Waals surface area contributed by atoms with Crippen LogP contribution in [0.2, 0.25) is 0 Å². The Bertz CT molecular complexity index is 1220. The predicted octanol–water partition coefficient (Wildman–Crippen LogP) is 3.88. The Hall–Kier alpha value is -4.43. The predicted molar refractivity (Wildman–Crippen MR) is 146 cm³/mol. The van der Waals surface area contributed by atoms with Crippen molar-refractivity contribution in [2.24, 2.45) is 0 Å². The smallest absolute Gasteiger partial charge is 0.408 e. The van der Waals surface area contributed by atoms with Gasteiger partial charge in [0, 0.05) is 23.6 Å². The van der Waals surface area contributed by atoms with Crippen molar-refractivity contribution in [2.45, 2.75) is 71.2 Å². The van der Waals surface area contributed by atoms with Gasteiger partial charge in [-0.2, -0.15) is 0 Å². The van der Waals surface area contributed by atoms with Gasteiger partial charge in [0.25, 0.3) is 5.91 Å². The lowest BCUT2D eigenvalue weighted by Crippen LogP contribution is -2.53. The molecule has 2 atom stereocenters. The maximum atomic E-state index is 13.9. The van der Waals surface area contributed by atoms with Crippen LogP contribution in [0.4, 0.5) is 4.79 Å². The zero-order chi connectivity index (χ0) is 28.7. The fourth-order valence-corrected chi connectivity index (χ4v) is 3.57. The first-order chi connectivity index (χ1) is 17.6. The second-order valence-electron chi connectivity index (χ2n) is 10.8. The number of aromatic hydroxyl groups is 1. The topological polar surface area (TPSA) is 108 Å². The van der Waals surface area contributed by atoms with Crippen LogP contribution in [-0.2, 0) is 20.7 Å². The lowest BCUT2D eigenvalue weighted by molar-refractivity contribution is -0.139. The van der Waals surface area contributed by atoms with Gasteiger partial charge in [-0.25, -0.2) is 4.79 Å². The summed E-state index contributed by atoms with van der Waals surface area (Å²) in [5.41, 5.74) is 0.258. The summed E-state index contributed by atoms with van der Waals surface area (Å²) < 4.78 is 5.36. The molecule has 200 valence electrons. The number of alkyl carbamates (subject to hydrolysis) is 1. The summed E-state index contributed by atoms with van der Waals surface area (Å²) in [6, 6.07) is 12.7. The largest absolute Gasteiger partial charge is 0.508 e.